The van der Waals surface area contributed by atoms with Crippen molar-refractivity contribution in [2.24, 2.45) is 10.8 Å². The molecule has 0 bridgehead atoms. The standard InChI is InChI=1S/2C10H20O2.Al.3H/c2*1-10(2,3)8-6-4-5-7-9(11)12;;;;/h2*4-8H2,1-3H3,(H,11,12);;;;. The zero-order valence-corrected chi connectivity index (χ0v) is 16.8. The van der Waals surface area contributed by atoms with Crippen LogP contribution in [0.5, 0.6) is 0 Å². The second-order valence-electron chi connectivity index (χ2n) is 9.03. The van der Waals surface area contributed by atoms with Crippen LogP contribution in [-0.4, -0.2) is 39.5 Å². The largest absolute Gasteiger partial charge is 0.481 e. The number of rotatable bonds is 10. The molecule has 25 heavy (non-hydrogen) atoms. The van der Waals surface area contributed by atoms with Crippen molar-refractivity contribution in [2.45, 2.75) is 106 Å². The molecule has 0 atom stereocenters. The molecule has 2 N–H and O–H groups in total. The number of carbonyl (C=O) groups is 2. The van der Waals surface area contributed by atoms with E-state index in [9.17, 15) is 9.59 Å². The summed E-state index contributed by atoms with van der Waals surface area (Å²) in [6.45, 7) is 13.3. The van der Waals surface area contributed by atoms with Gasteiger partial charge in [-0.2, -0.15) is 0 Å². The molecule has 0 fully saturated rings. The topological polar surface area (TPSA) is 74.6 Å². The van der Waals surface area contributed by atoms with Crippen molar-refractivity contribution in [1.29, 1.82) is 0 Å². The van der Waals surface area contributed by atoms with Crippen LogP contribution in [0.15, 0.2) is 0 Å². The van der Waals surface area contributed by atoms with Crippen LogP contribution in [0.1, 0.15) is 106 Å². The first-order chi connectivity index (χ1) is 10.8. The summed E-state index contributed by atoms with van der Waals surface area (Å²) in [7, 11) is 0. The molecule has 0 spiro atoms. The molecule has 0 aliphatic carbocycles. The smallest absolute Gasteiger partial charge is 0.303 e. The Hall–Kier alpha value is -0.528. The van der Waals surface area contributed by atoms with Crippen molar-refractivity contribution in [3.63, 3.8) is 0 Å². The number of carboxylic acids is 2. The van der Waals surface area contributed by atoms with Gasteiger partial charge in [0.2, 0.25) is 0 Å². The third kappa shape index (κ3) is 35.4. The van der Waals surface area contributed by atoms with Crippen molar-refractivity contribution in [3.05, 3.63) is 0 Å². The second-order valence-corrected chi connectivity index (χ2v) is 9.03. The quantitative estimate of drug-likeness (QED) is 0.419. The monoisotopic (exact) mass is 374 g/mol. The highest BCUT2D eigenvalue weighted by atomic mass is 27.0. The maximum absolute atomic E-state index is 10.2. The Morgan fingerprint density at radius 3 is 1.08 bits per heavy atom. The van der Waals surface area contributed by atoms with Crippen LogP contribution in [-0.2, 0) is 9.59 Å². The van der Waals surface area contributed by atoms with E-state index in [2.05, 4.69) is 41.5 Å². The third-order valence-electron chi connectivity index (χ3n) is 3.63. The van der Waals surface area contributed by atoms with E-state index in [1.54, 1.807) is 0 Å². The van der Waals surface area contributed by atoms with Gasteiger partial charge in [-0.05, 0) is 36.5 Å². The molecule has 150 valence electrons. The van der Waals surface area contributed by atoms with Crippen molar-refractivity contribution < 1.29 is 19.8 Å². The SMILES string of the molecule is CC(C)(C)CCCCCC(=O)O.CC(C)(C)CCCCCC(=O)O.[AlH3]. The van der Waals surface area contributed by atoms with Gasteiger partial charge in [0.25, 0.3) is 0 Å². The summed E-state index contributed by atoms with van der Waals surface area (Å²) >= 11 is 0. The fourth-order valence-electron chi connectivity index (χ4n) is 2.22. The van der Waals surface area contributed by atoms with Gasteiger partial charge in [0.15, 0.2) is 17.4 Å². The molecule has 0 heterocycles. The summed E-state index contributed by atoms with van der Waals surface area (Å²) in [4.78, 5) is 20.3. The van der Waals surface area contributed by atoms with Gasteiger partial charge in [0, 0.05) is 12.8 Å². The Balaban J connectivity index is -0.000000372. The molecule has 0 saturated carbocycles. The number of carboxylic acid groups (broad SMARTS) is 2. The number of hydrogen-bond acceptors (Lipinski definition) is 2. The van der Waals surface area contributed by atoms with Crippen molar-refractivity contribution in [2.75, 3.05) is 0 Å². The van der Waals surface area contributed by atoms with Gasteiger partial charge < -0.3 is 10.2 Å². The van der Waals surface area contributed by atoms with Gasteiger partial charge in [-0.25, -0.2) is 0 Å². The van der Waals surface area contributed by atoms with E-state index in [-0.39, 0.29) is 17.4 Å². The Labute approximate surface area is 165 Å². The van der Waals surface area contributed by atoms with E-state index in [1.807, 2.05) is 0 Å². The van der Waals surface area contributed by atoms with Crippen LogP contribution in [0.3, 0.4) is 0 Å². The Kier molecular flexibility index (Phi) is 18.4. The first-order valence-electron chi connectivity index (χ1n) is 9.27. The Morgan fingerprint density at radius 1 is 0.600 bits per heavy atom. The molecular weight excluding hydrogens is 331 g/mol. The molecule has 0 aromatic carbocycles. The molecule has 0 aliphatic rings. The zero-order chi connectivity index (χ0) is 19.2. The lowest BCUT2D eigenvalue weighted by atomic mass is 9.89. The average molecular weight is 375 g/mol. The minimum absolute atomic E-state index is 0. The van der Waals surface area contributed by atoms with Crippen LogP contribution in [0.2, 0.25) is 0 Å². The highest BCUT2D eigenvalue weighted by Gasteiger charge is 2.09. The average Bonchev–Trinajstić information content (AvgIpc) is 2.35. The zero-order valence-electron chi connectivity index (χ0n) is 16.8. The van der Waals surface area contributed by atoms with Crippen molar-refractivity contribution in [3.8, 4) is 0 Å². The fourth-order valence-corrected chi connectivity index (χ4v) is 2.22. The van der Waals surface area contributed by atoms with E-state index in [4.69, 9.17) is 10.2 Å². The number of aliphatic carboxylic acids is 2. The summed E-state index contributed by atoms with van der Waals surface area (Å²) in [6.07, 6.45) is 9.06. The van der Waals surface area contributed by atoms with Crippen LogP contribution in [0.4, 0.5) is 0 Å². The molecular formula is C20H43AlO4. The van der Waals surface area contributed by atoms with E-state index in [0.717, 1.165) is 38.5 Å². The van der Waals surface area contributed by atoms with Gasteiger partial charge in [0.05, 0.1) is 0 Å². The van der Waals surface area contributed by atoms with Gasteiger partial charge in [-0.3, -0.25) is 9.59 Å². The molecule has 0 amide bonds. The lowest BCUT2D eigenvalue weighted by Gasteiger charge is -2.17. The van der Waals surface area contributed by atoms with Gasteiger partial charge in [-0.1, -0.05) is 67.2 Å². The fraction of sp³-hybridized carbons (Fsp3) is 0.900. The summed E-state index contributed by atoms with van der Waals surface area (Å²) in [5.74, 6) is -1.35. The summed E-state index contributed by atoms with van der Waals surface area (Å²) in [5.41, 5.74) is 0.784. The van der Waals surface area contributed by atoms with Gasteiger partial charge >= 0.3 is 11.9 Å². The van der Waals surface area contributed by atoms with E-state index >= 15 is 0 Å². The first-order valence-corrected chi connectivity index (χ1v) is 9.27. The van der Waals surface area contributed by atoms with Crippen LogP contribution < -0.4 is 0 Å². The molecule has 0 aromatic rings. The lowest BCUT2D eigenvalue weighted by molar-refractivity contribution is -0.138. The maximum Gasteiger partial charge on any atom is 0.303 e. The third-order valence-corrected chi connectivity index (χ3v) is 3.63. The summed E-state index contributed by atoms with van der Waals surface area (Å²) in [6, 6.07) is 0. The van der Waals surface area contributed by atoms with E-state index in [0.29, 0.717) is 23.7 Å². The summed E-state index contributed by atoms with van der Waals surface area (Å²) < 4.78 is 0. The number of unbranched alkanes of at least 4 members (excludes halogenated alkanes) is 4. The first kappa shape index (κ1) is 29.2. The predicted octanol–water partition coefficient (Wildman–Crippen LogP) is 4.95. The highest BCUT2D eigenvalue weighted by molar-refractivity contribution is 5.75. The molecule has 5 heteroatoms. The number of hydrogen-bond donors (Lipinski definition) is 2. The van der Waals surface area contributed by atoms with Gasteiger partial charge in [-0.15, -0.1) is 0 Å². The lowest BCUT2D eigenvalue weighted by Crippen LogP contribution is -2.04. The Morgan fingerprint density at radius 2 is 0.880 bits per heavy atom. The molecule has 0 unspecified atom stereocenters. The molecule has 0 aliphatic heterocycles. The molecule has 0 aromatic heterocycles. The van der Waals surface area contributed by atoms with Crippen LogP contribution >= 0.6 is 0 Å². The molecule has 0 radical (unpaired) electrons. The molecule has 4 nitrogen and oxygen atoms in total. The van der Waals surface area contributed by atoms with E-state index < -0.39 is 11.9 Å². The predicted molar refractivity (Wildman–Crippen MR) is 110 cm³/mol. The minimum Gasteiger partial charge on any atom is -0.481 e. The van der Waals surface area contributed by atoms with Crippen LogP contribution in [0.25, 0.3) is 0 Å². The van der Waals surface area contributed by atoms with Crippen molar-refractivity contribution in [1.82, 2.24) is 0 Å². The van der Waals surface area contributed by atoms with E-state index in [1.165, 1.54) is 12.8 Å². The Bertz CT molecular complexity index is 307. The minimum atomic E-state index is -0.675. The molecule has 0 rings (SSSR count). The summed E-state index contributed by atoms with van der Waals surface area (Å²) in [5, 5.41) is 16.7. The van der Waals surface area contributed by atoms with Crippen LogP contribution in [0, 0.1) is 10.8 Å². The van der Waals surface area contributed by atoms with Gasteiger partial charge in [0.1, 0.15) is 0 Å². The normalized spacial score (nSPS) is 11.1. The highest BCUT2D eigenvalue weighted by Crippen LogP contribution is 2.22. The molecule has 0 saturated heterocycles. The maximum atomic E-state index is 10.2. The second kappa shape index (κ2) is 15.7. The van der Waals surface area contributed by atoms with Crippen molar-refractivity contribution >= 4 is 29.3 Å².